The summed E-state index contributed by atoms with van der Waals surface area (Å²) in [5.41, 5.74) is 3.55. The van der Waals surface area contributed by atoms with Crippen LogP contribution in [0.5, 0.6) is 5.75 Å². The van der Waals surface area contributed by atoms with Gasteiger partial charge in [-0.05, 0) is 82.3 Å². The Morgan fingerprint density at radius 3 is 2.38 bits per heavy atom. The maximum atomic E-state index is 13.4. The van der Waals surface area contributed by atoms with Gasteiger partial charge in [0.1, 0.15) is 11.8 Å². The second-order valence-corrected chi connectivity index (χ2v) is 9.68. The molecule has 2 amide bonds. The van der Waals surface area contributed by atoms with Crippen molar-refractivity contribution in [2.24, 2.45) is 0 Å². The van der Waals surface area contributed by atoms with E-state index in [-0.39, 0.29) is 25.0 Å². The predicted octanol–water partition coefficient (Wildman–Crippen LogP) is 5.37. The second kappa shape index (κ2) is 10.9. The number of hydrogen-bond donors (Lipinski definition) is 1. The van der Waals surface area contributed by atoms with Gasteiger partial charge in [-0.15, -0.1) is 0 Å². The van der Waals surface area contributed by atoms with E-state index in [9.17, 15) is 9.59 Å². The molecule has 0 unspecified atom stereocenters. The smallest absolute Gasteiger partial charge is 0.261 e. The number of rotatable bonds is 8. The van der Waals surface area contributed by atoms with Crippen LogP contribution in [0.25, 0.3) is 0 Å². The van der Waals surface area contributed by atoms with Crippen molar-refractivity contribution in [3.8, 4) is 5.75 Å². The van der Waals surface area contributed by atoms with Crippen molar-refractivity contribution in [1.29, 1.82) is 0 Å². The molecule has 0 aromatic heterocycles. The molecule has 0 saturated heterocycles. The summed E-state index contributed by atoms with van der Waals surface area (Å²) < 4.78 is 5.93. The summed E-state index contributed by atoms with van der Waals surface area (Å²) in [4.78, 5) is 28.0. The molecule has 32 heavy (non-hydrogen) atoms. The predicted molar refractivity (Wildman–Crippen MR) is 130 cm³/mol. The largest absolute Gasteiger partial charge is 0.483 e. The molecule has 0 aliphatic carbocycles. The highest BCUT2D eigenvalue weighted by atomic mass is 35.5. The molecule has 0 aliphatic heterocycles. The zero-order valence-corrected chi connectivity index (χ0v) is 21.0. The zero-order valence-electron chi connectivity index (χ0n) is 20.2. The molecule has 6 heteroatoms. The molecular formula is C26H35ClN2O3. The summed E-state index contributed by atoms with van der Waals surface area (Å²) in [6, 6.07) is 10.7. The third-order valence-corrected chi connectivity index (χ3v) is 5.67. The van der Waals surface area contributed by atoms with Crippen LogP contribution in [0.2, 0.25) is 5.02 Å². The number of carbonyl (C=O) groups is 2. The minimum atomic E-state index is -0.637. The first-order chi connectivity index (χ1) is 14.9. The Labute approximate surface area is 197 Å². The van der Waals surface area contributed by atoms with E-state index in [4.69, 9.17) is 16.3 Å². The van der Waals surface area contributed by atoms with E-state index in [2.05, 4.69) is 11.4 Å². The van der Waals surface area contributed by atoms with Gasteiger partial charge in [-0.3, -0.25) is 9.59 Å². The Morgan fingerprint density at radius 1 is 1.12 bits per heavy atom. The molecule has 1 N–H and O–H groups in total. The third-order valence-electron chi connectivity index (χ3n) is 5.30. The van der Waals surface area contributed by atoms with E-state index < -0.39 is 11.6 Å². The Kier molecular flexibility index (Phi) is 8.73. The van der Waals surface area contributed by atoms with Gasteiger partial charge in [0.25, 0.3) is 5.91 Å². The zero-order chi connectivity index (χ0) is 24.1. The fourth-order valence-corrected chi connectivity index (χ4v) is 3.75. The lowest BCUT2D eigenvalue weighted by Crippen LogP contribution is -2.54. The van der Waals surface area contributed by atoms with E-state index in [0.717, 1.165) is 22.3 Å². The van der Waals surface area contributed by atoms with Crippen LogP contribution in [0.4, 0.5) is 0 Å². The molecule has 2 aromatic rings. The van der Waals surface area contributed by atoms with Gasteiger partial charge in [0.15, 0.2) is 6.61 Å². The molecular weight excluding hydrogens is 424 g/mol. The summed E-state index contributed by atoms with van der Waals surface area (Å²) in [6.07, 6.45) is 0.473. The van der Waals surface area contributed by atoms with Gasteiger partial charge in [0, 0.05) is 17.1 Å². The molecule has 5 nitrogen and oxygen atoms in total. The molecule has 0 radical (unpaired) electrons. The number of nitrogens with zero attached hydrogens (tertiary/aromatic N) is 1. The number of hydrogen-bond acceptors (Lipinski definition) is 3. The van der Waals surface area contributed by atoms with Crippen molar-refractivity contribution in [2.75, 3.05) is 6.61 Å². The van der Waals surface area contributed by atoms with Gasteiger partial charge in [-0.2, -0.15) is 0 Å². The molecule has 0 heterocycles. The molecule has 0 spiro atoms. The van der Waals surface area contributed by atoms with Crippen LogP contribution in [0.15, 0.2) is 36.4 Å². The Balaban J connectivity index is 2.31. The Bertz CT molecular complexity index is 966. The van der Waals surface area contributed by atoms with Gasteiger partial charge in [0.05, 0.1) is 0 Å². The molecule has 1 atom stereocenters. The first-order valence-electron chi connectivity index (χ1n) is 11.0. The average molecular weight is 459 g/mol. The standard InChI is InChI=1S/C26H35ClN2O3/c1-8-22(25(31)28-26(5,6)7)29(15-20-11-9-10-12-21(20)27)24(30)16-32-23-14-17(2)13-18(3)19(23)4/h9-14,22H,8,15-16H2,1-7H3,(H,28,31)/t22-/m1/s1. The number of aryl methyl sites for hydroxylation is 2. The fraction of sp³-hybridized carbons (Fsp3) is 0.462. The highest BCUT2D eigenvalue weighted by Gasteiger charge is 2.31. The first-order valence-corrected chi connectivity index (χ1v) is 11.4. The van der Waals surface area contributed by atoms with Gasteiger partial charge in [0.2, 0.25) is 5.91 Å². The fourth-order valence-electron chi connectivity index (χ4n) is 3.56. The van der Waals surface area contributed by atoms with Crippen molar-refractivity contribution in [2.45, 2.75) is 73.0 Å². The molecule has 174 valence electrons. The van der Waals surface area contributed by atoms with Crippen LogP contribution in [0.3, 0.4) is 0 Å². The number of carbonyl (C=O) groups excluding carboxylic acids is 2. The molecule has 0 bridgehead atoms. The SMILES string of the molecule is CC[C@H](C(=O)NC(C)(C)C)N(Cc1ccccc1Cl)C(=O)COc1cc(C)cc(C)c1C. The quantitative estimate of drug-likeness (QED) is 0.578. The molecule has 0 aliphatic rings. The summed E-state index contributed by atoms with van der Waals surface area (Å²) in [5, 5.41) is 3.55. The van der Waals surface area contributed by atoms with Crippen LogP contribution in [-0.4, -0.2) is 34.9 Å². The summed E-state index contributed by atoms with van der Waals surface area (Å²) in [6.45, 7) is 13.7. The normalized spacial score (nSPS) is 12.2. The third kappa shape index (κ3) is 6.99. The van der Waals surface area contributed by atoms with Crippen LogP contribution >= 0.6 is 11.6 Å². The van der Waals surface area contributed by atoms with E-state index >= 15 is 0 Å². The van der Waals surface area contributed by atoms with Crippen molar-refractivity contribution >= 4 is 23.4 Å². The average Bonchev–Trinajstić information content (AvgIpc) is 2.69. The van der Waals surface area contributed by atoms with Gasteiger partial charge in [-0.25, -0.2) is 0 Å². The molecule has 2 aromatic carbocycles. The van der Waals surface area contributed by atoms with Crippen LogP contribution in [0.1, 0.15) is 56.4 Å². The topological polar surface area (TPSA) is 58.6 Å². The van der Waals surface area contributed by atoms with Crippen molar-refractivity contribution in [3.63, 3.8) is 0 Å². The minimum Gasteiger partial charge on any atom is -0.483 e. The Morgan fingerprint density at radius 2 is 1.78 bits per heavy atom. The lowest BCUT2D eigenvalue weighted by molar-refractivity contribution is -0.143. The molecule has 2 rings (SSSR count). The lowest BCUT2D eigenvalue weighted by Gasteiger charge is -2.33. The number of benzene rings is 2. The van der Waals surface area contributed by atoms with Crippen molar-refractivity contribution < 1.29 is 14.3 Å². The summed E-state index contributed by atoms with van der Waals surface area (Å²) in [7, 11) is 0. The summed E-state index contributed by atoms with van der Waals surface area (Å²) >= 11 is 6.37. The highest BCUT2D eigenvalue weighted by Crippen LogP contribution is 2.24. The number of nitrogens with one attached hydrogen (secondary N) is 1. The van der Waals surface area contributed by atoms with Gasteiger partial charge >= 0.3 is 0 Å². The number of amides is 2. The van der Waals surface area contributed by atoms with Gasteiger partial charge in [-0.1, -0.05) is 42.8 Å². The first kappa shape index (κ1) is 25.7. The van der Waals surface area contributed by atoms with Crippen molar-refractivity contribution in [3.05, 3.63) is 63.7 Å². The van der Waals surface area contributed by atoms with Crippen molar-refractivity contribution in [1.82, 2.24) is 10.2 Å². The number of halogens is 1. The van der Waals surface area contributed by atoms with Crippen LogP contribution < -0.4 is 10.1 Å². The monoisotopic (exact) mass is 458 g/mol. The molecule has 0 fully saturated rings. The molecule has 0 saturated carbocycles. The van der Waals surface area contributed by atoms with Crippen LogP contribution in [0, 0.1) is 20.8 Å². The van der Waals surface area contributed by atoms with E-state index in [1.807, 2.05) is 72.7 Å². The van der Waals surface area contributed by atoms with Crippen LogP contribution in [-0.2, 0) is 16.1 Å². The Hall–Kier alpha value is -2.53. The maximum Gasteiger partial charge on any atom is 0.261 e. The van der Waals surface area contributed by atoms with E-state index in [1.54, 1.807) is 11.0 Å². The van der Waals surface area contributed by atoms with E-state index in [0.29, 0.717) is 17.2 Å². The number of ether oxygens (including phenoxy) is 1. The summed E-state index contributed by atoms with van der Waals surface area (Å²) in [5.74, 6) is 0.225. The maximum absolute atomic E-state index is 13.4. The lowest BCUT2D eigenvalue weighted by atomic mass is 10.1. The van der Waals surface area contributed by atoms with Gasteiger partial charge < -0.3 is 15.0 Å². The second-order valence-electron chi connectivity index (χ2n) is 9.27. The highest BCUT2D eigenvalue weighted by molar-refractivity contribution is 6.31. The minimum absolute atomic E-state index is 0.159. The van der Waals surface area contributed by atoms with E-state index in [1.165, 1.54) is 0 Å².